The summed E-state index contributed by atoms with van der Waals surface area (Å²) < 4.78 is 15.4. The standard InChI is InChI=1S/C21H21ClFN3O4S/c1-11(2)18(29)13-7-16(26(10-13)9-12-4-3-5-14(23)6-12)20(30)25-21-24-15(8-17(27)28)19(22)31-21/h3-7,10-11,18,29H,8-9H2,1-2H3,(H,27,28)(H,24,25,30). The number of carbonyl (C=O) groups is 2. The number of aliphatic hydroxyl groups excluding tert-OH is 1. The Hall–Kier alpha value is -2.75. The van der Waals surface area contributed by atoms with Crippen LogP contribution in [0.3, 0.4) is 0 Å². The number of rotatable bonds is 8. The van der Waals surface area contributed by atoms with Crippen molar-refractivity contribution in [2.24, 2.45) is 5.92 Å². The summed E-state index contributed by atoms with van der Waals surface area (Å²) in [4.78, 5) is 27.9. The summed E-state index contributed by atoms with van der Waals surface area (Å²) in [7, 11) is 0. The molecule has 3 N–H and O–H groups in total. The highest BCUT2D eigenvalue weighted by molar-refractivity contribution is 7.19. The van der Waals surface area contributed by atoms with Gasteiger partial charge in [-0.3, -0.25) is 14.9 Å². The third-order valence-electron chi connectivity index (χ3n) is 4.55. The van der Waals surface area contributed by atoms with E-state index in [2.05, 4.69) is 10.3 Å². The molecule has 3 rings (SSSR count). The largest absolute Gasteiger partial charge is 0.481 e. The van der Waals surface area contributed by atoms with E-state index in [-0.39, 0.29) is 45.6 Å². The highest BCUT2D eigenvalue weighted by Gasteiger charge is 2.22. The van der Waals surface area contributed by atoms with Crippen molar-refractivity contribution in [1.29, 1.82) is 0 Å². The summed E-state index contributed by atoms with van der Waals surface area (Å²) in [5.41, 5.74) is 1.61. The zero-order chi connectivity index (χ0) is 22.7. The number of hydrogen-bond donors (Lipinski definition) is 3. The quantitative estimate of drug-likeness (QED) is 0.458. The van der Waals surface area contributed by atoms with Crippen LogP contribution in [0.2, 0.25) is 4.34 Å². The molecule has 0 fully saturated rings. The number of carboxylic acid groups (broad SMARTS) is 1. The van der Waals surface area contributed by atoms with E-state index >= 15 is 0 Å². The molecular formula is C21H21ClFN3O4S. The van der Waals surface area contributed by atoms with Crippen LogP contribution in [0.1, 0.15) is 47.3 Å². The van der Waals surface area contributed by atoms with E-state index in [1.54, 1.807) is 29.0 Å². The van der Waals surface area contributed by atoms with Gasteiger partial charge in [-0.1, -0.05) is 48.9 Å². The second-order valence-corrected chi connectivity index (χ2v) is 8.97. The molecule has 0 saturated carbocycles. The van der Waals surface area contributed by atoms with Crippen molar-refractivity contribution in [2.45, 2.75) is 32.9 Å². The number of amides is 1. The maximum atomic E-state index is 13.6. The van der Waals surface area contributed by atoms with Crippen LogP contribution in [0, 0.1) is 11.7 Å². The number of aliphatic carboxylic acids is 1. The van der Waals surface area contributed by atoms with Crippen molar-refractivity contribution in [2.75, 3.05) is 5.32 Å². The van der Waals surface area contributed by atoms with Crippen LogP contribution in [0.4, 0.5) is 9.52 Å². The van der Waals surface area contributed by atoms with Gasteiger partial charge in [0.25, 0.3) is 5.91 Å². The SMILES string of the molecule is CC(C)C(O)c1cc(C(=O)Nc2nc(CC(=O)O)c(Cl)s2)n(Cc2cccc(F)c2)c1. The predicted molar refractivity (Wildman–Crippen MR) is 116 cm³/mol. The summed E-state index contributed by atoms with van der Waals surface area (Å²) in [5, 5.41) is 22.2. The molecule has 3 aromatic rings. The lowest BCUT2D eigenvalue weighted by Gasteiger charge is -2.12. The van der Waals surface area contributed by atoms with Crippen molar-refractivity contribution < 1.29 is 24.2 Å². The average molecular weight is 466 g/mol. The number of anilines is 1. The van der Waals surface area contributed by atoms with Gasteiger partial charge in [-0.25, -0.2) is 9.37 Å². The first-order chi connectivity index (χ1) is 14.6. The van der Waals surface area contributed by atoms with E-state index in [0.717, 1.165) is 11.3 Å². The minimum Gasteiger partial charge on any atom is -0.481 e. The van der Waals surface area contributed by atoms with Crippen molar-refractivity contribution in [3.05, 3.63) is 69.2 Å². The van der Waals surface area contributed by atoms with E-state index in [1.807, 2.05) is 13.8 Å². The molecule has 0 saturated heterocycles. The second-order valence-electron chi connectivity index (χ2n) is 7.37. The second kappa shape index (κ2) is 9.59. The van der Waals surface area contributed by atoms with Gasteiger partial charge in [-0.15, -0.1) is 0 Å². The number of benzene rings is 1. The summed E-state index contributed by atoms with van der Waals surface area (Å²) in [5.74, 6) is -2.05. The smallest absolute Gasteiger partial charge is 0.309 e. The minimum atomic E-state index is -1.08. The molecular weight excluding hydrogens is 445 g/mol. The molecule has 2 heterocycles. The van der Waals surface area contributed by atoms with Gasteiger partial charge in [0.05, 0.1) is 18.2 Å². The number of hydrogen-bond acceptors (Lipinski definition) is 5. The molecule has 1 unspecified atom stereocenters. The number of halogens is 2. The van der Waals surface area contributed by atoms with Crippen molar-refractivity contribution >= 4 is 39.9 Å². The van der Waals surface area contributed by atoms with Crippen LogP contribution in [-0.2, 0) is 17.8 Å². The van der Waals surface area contributed by atoms with Gasteiger partial charge >= 0.3 is 5.97 Å². The van der Waals surface area contributed by atoms with Gasteiger partial charge in [0.2, 0.25) is 0 Å². The predicted octanol–water partition coefficient (Wildman–Crippen LogP) is 4.35. The molecule has 1 aromatic carbocycles. The lowest BCUT2D eigenvalue weighted by Crippen LogP contribution is -2.17. The summed E-state index contributed by atoms with van der Waals surface area (Å²) in [6, 6.07) is 7.61. The Bertz CT molecular complexity index is 1110. The maximum absolute atomic E-state index is 13.6. The van der Waals surface area contributed by atoms with Gasteiger partial charge in [-0.05, 0) is 35.2 Å². The van der Waals surface area contributed by atoms with Crippen LogP contribution in [0.15, 0.2) is 36.5 Å². The van der Waals surface area contributed by atoms with Crippen molar-refractivity contribution in [3.63, 3.8) is 0 Å². The molecule has 0 aliphatic heterocycles. The molecule has 2 aromatic heterocycles. The zero-order valence-electron chi connectivity index (χ0n) is 16.8. The number of nitrogens with one attached hydrogen (secondary N) is 1. The molecule has 0 bridgehead atoms. The molecule has 31 heavy (non-hydrogen) atoms. The van der Waals surface area contributed by atoms with E-state index < -0.39 is 18.0 Å². The summed E-state index contributed by atoms with van der Waals surface area (Å²) in [6.07, 6.45) is 0.526. The molecule has 0 spiro atoms. The van der Waals surface area contributed by atoms with E-state index in [4.69, 9.17) is 16.7 Å². The fourth-order valence-corrected chi connectivity index (χ4v) is 4.07. The molecule has 1 amide bonds. The fourth-order valence-electron chi connectivity index (χ4n) is 3.03. The molecule has 0 radical (unpaired) electrons. The maximum Gasteiger partial charge on any atom is 0.309 e. The third-order valence-corrected chi connectivity index (χ3v) is 5.81. The highest BCUT2D eigenvalue weighted by atomic mass is 35.5. The lowest BCUT2D eigenvalue weighted by molar-refractivity contribution is -0.136. The highest BCUT2D eigenvalue weighted by Crippen LogP contribution is 2.29. The van der Waals surface area contributed by atoms with Crippen LogP contribution in [0.25, 0.3) is 0 Å². The number of carboxylic acids is 1. The Labute approximate surface area is 187 Å². The molecule has 0 aliphatic carbocycles. The normalized spacial score (nSPS) is 12.2. The number of carbonyl (C=O) groups excluding carboxylic acids is 1. The van der Waals surface area contributed by atoms with Crippen LogP contribution >= 0.6 is 22.9 Å². The monoisotopic (exact) mass is 465 g/mol. The molecule has 0 aliphatic rings. The van der Waals surface area contributed by atoms with Crippen LogP contribution in [-0.4, -0.2) is 31.6 Å². The number of thiazole rings is 1. The van der Waals surface area contributed by atoms with Gasteiger partial charge in [-0.2, -0.15) is 0 Å². The Morgan fingerprint density at radius 3 is 2.71 bits per heavy atom. The first-order valence-electron chi connectivity index (χ1n) is 9.45. The van der Waals surface area contributed by atoms with Crippen LogP contribution < -0.4 is 5.32 Å². The Morgan fingerprint density at radius 1 is 1.32 bits per heavy atom. The van der Waals surface area contributed by atoms with Crippen molar-refractivity contribution in [1.82, 2.24) is 9.55 Å². The van der Waals surface area contributed by atoms with E-state index in [0.29, 0.717) is 11.1 Å². The summed E-state index contributed by atoms with van der Waals surface area (Å²) in [6.45, 7) is 3.93. The first-order valence-corrected chi connectivity index (χ1v) is 10.6. The molecule has 1 atom stereocenters. The van der Waals surface area contributed by atoms with Crippen molar-refractivity contribution in [3.8, 4) is 0 Å². The van der Waals surface area contributed by atoms with Gasteiger partial charge in [0, 0.05) is 12.7 Å². The molecule has 164 valence electrons. The van der Waals surface area contributed by atoms with Gasteiger partial charge < -0.3 is 14.8 Å². The fraction of sp³-hybridized carbons (Fsp3) is 0.286. The van der Waals surface area contributed by atoms with Crippen LogP contribution in [0.5, 0.6) is 0 Å². The third kappa shape index (κ3) is 5.69. The zero-order valence-corrected chi connectivity index (χ0v) is 18.4. The Kier molecular flexibility index (Phi) is 7.09. The lowest BCUT2D eigenvalue weighted by atomic mass is 10.0. The van der Waals surface area contributed by atoms with Gasteiger partial charge in [0.15, 0.2) is 5.13 Å². The van der Waals surface area contributed by atoms with E-state index in [1.165, 1.54) is 12.1 Å². The number of nitrogens with zero attached hydrogens (tertiary/aromatic N) is 2. The Morgan fingerprint density at radius 2 is 2.06 bits per heavy atom. The Balaban J connectivity index is 1.90. The first kappa shape index (κ1) is 22.9. The average Bonchev–Trinajstić information content (AvgIpc) is 3.24. The van der Waals surface area contributed by atoms with E-state index in [9.17, 15) is 19.1 Å². The number of aliphatic hydroxyl groups is 1. The number of aromatic nitrogens is 2. The molecule has 10 heteroatoms. The minimum absolute atomic E-state index is 0.0720. The summed E-state index contributed by atoms with van der Waals surface area (Å²) >= 11 is 6.98. The topological polar surface area (TPSA) is 104 Å². The van der Waals surface area contributed by atoms with Gasteiger partial charge in [0.1, 0.15) is 15.8 Å². The molecule has 7 nitrogen and oxygen atoms in total.